The molecule has 1 aliphatic rings. The largest absolute Gasteiger partial charge is 0.453 e. The van der Waals surface area contributed by atoms with Crippen molar-refractivity contribution in [2.45, 2.75) is 45.7 Å². The summed E-state index contributed by atoms with van der Waals surface area (Å²) in [5.74, 6) is 0.601. The number of fused-ring (bicyclic) bond motifs is 1. The summed E-state index contributed by atoms with van der Waals surface area (Å²) in [6.07, 6.45) is 4.89. The first-order chi connectivity index (χ1) is 14.9. The monoisotopic (exact) mass is 423 g/mol. The number of methoxy groups -OCH3 is 1. The van der Waals surface area contributed by atoms with Crippen molar-refractivity contribution in [3.05, 3.63) is 42.0 Å². The molecule has 2 amide bonds. The maximum atomic E-state index is 13.3. The second-order valence-electron chi connectivity index (χ2n) is 8.43. The first-order valence-electron chi connectivity index (χ1n) is 10.7. The lowest BCUT2D eigenvalue weighted by atomic mass is 10.0. The summed E-state index contributed by atoms with van der Waals surface area (Å²) in [4.78, 5) is 38.2. The van der Waals surface area contributed by atoms with Crippen LogP contribution >= 0.6 is 0 Å². The molecule has 4 rings (SSSR count). The Morgan fingerprint density at radius 1 is 1.29 bits per heavy atom. The number of H-pyrrole nitrogens is 2. The van der Waals surface area contributed by atoms with Gasteiger partial charge in [-0.15, -0.1) is 0 Å². The highest BCUT2D eigenvalue weighted by Gasteiger charge is 2.37. The summed E-state index contributed by atoms with van der Waals surface area (Å²) < 4.78 is 4.70. The molecule has 8 heteroatoms. The van der Waals surface area contributed by atoms with Gasteiger partial charge in [0.2, 0.25) is 5.91 Å². The molecule has 1 aliphatic heterocycles. The fraction of sp³-hybridized carbons (Fsp3) is 0.435. The number of benzene rings is 1. The molecule has 2 atom stereocenters. The third kappa shape index (κ3) is 3.89. The minimum Gasteiger partial charge on any atom is -0.453 e. The SMILES string of the molecule is COC(=O)N[C@H](C(=O)N1CCC[C@H]1c1ncc(-c2ccc(C)c3[nH]ccc23)[nH]1)C(C)C. The number of carbonyl (C=O) groups excluding carboxylic acids is 2. The van der Waals surface area contributed by atoms with E-state index in [0.29, 0.717) is 6.54 Å². The molecular weight excluding hydrogens is 394 g/mol. The number of likely N-dealkylation sites (tertiary alicyclic amines) is 1. The van der Waals surface area contributed by atoms with Crippen molar-refractivity contribution in [1.29, 1.82) is 0 Å². The fourth-order valence-electron chi connectivity index (χ4n) is 4.37. The number of imidazole rings is 1. The minimum atomic E-state index is -0.640. The average molecular weight is 424 g/mol. The minimum absolute atomic E-state index is 0.0607. The molecule has 0 unspecified atom stereocenters. The number of rotatable bonds is 5. The number of nitrogens with zero attached hydrogens (tertiary/aromatic N) is 2. The van der Waals surface area contributed by atoms with Gasteiger partial charge in [-0.25, -0.2) is 9.78 Å². The second kappa shape index (κ2) is 8.45. The van der Waals surface area contributed by atoms with Crippen LogP contribution in [0.4, 0.5) is 4.79 Å². The molecule has 1 saturated heterocycles. The van der Waals surface area contributed by atoms with E-state index in [2.05, 4.69) is 45.4 Å². The summed E-state index contributed by atoms with van der Waals surface area (Å²) >= 11 is 0. The molecule has 3 N–H and O–H groups in total. The molecule has 1 fully saturated rings. The van der Waals surface area contributed by atoms with Gasteiger partial charge in [-0.05, 0) is 37.3 Å². The molecule has 164 valence electrons. The number of hydrogen-bond donors (Lipinski definition) is 3. The van der Waals surface area contributed by atoms with E-state index >= 15 is 0 Å². The Morgan fingerprint density at radius 3 is 2.84 bits per heavy atom. The van der Waals surface area contributed by atoms with E-state index in [1.54, 1.807) is 0 Å². The van der Waals surface area contributed by atoms with E-state index in [9.17, 15) is 9.59 Å². The summed E-state index contributed by atoms with van der Waals surface area (Å²) in [6.45, 7) is 6.54. The Kier molecular flexibility index (Phi) is 5.71. The molecule has 8 nitrogen and oxygen atoms in total. The molecular formula is C23H29N5O3. The van der Waals surface area contributed by atoms with Gasteiger partial charge in [0.1, 0.15) is 11.9 Å². The molecule has 0 radical (unpaired) electrons. The van der Waals surface area contributed by atoms with Gasteiger partial charge in [-0.3, -0.25) is 4.79 Å². The van der Waals surface area contributed by atoms with Gasteiger partial charge in [-0.1, -0.05) is 26.0 Å². The van der Waals surface area contributed by atoms with Gasteiger partial charge >= 0.3 is 6.09 Å². The van der Waals surface area contributed by atoms with E-state index in [0.717, 1.165) is 40.8 Å². The van der Waals surface area contributed by atoms with E-state index < -0.39 is 12.1 Å². The van der Waals surface area contributed by atoms with Gasteiger partial charge in [0, 0.05) is 29.2 Å². The van der Waals surface area contributed by atoms with Gasteiger partial charge in [-0.2, -0.15) is 0 Å². The standard InChI is InChI=1S/C23H29N5O3/c1-13(2)19(27-23(30)31-4)22(29)28-11-5-6-18(28)21-25-12-17(26-21)15-8-7-14(3)20-16(15)9-10-24-20/h7-10,12-13,18-19,24H,5-6,11H2,1-4H3,(H,25,26)(H,27,30)/t18-,19-/m0/s1. The quantitative estimate of drug-likeness (QED) is 0.579. The highest BCUT2D eigenvalue weighted by atomic mass is 16.5. The second-order valence-corrected chi connectivity index (χ2v) is 8.43. The smallest absolute Gasteiger partial charge is 0.407 e. The molecule has 0 aliphatic carbocycles. The average Bonchev–Trinajstić information content (AvgIpc) is 3.51. The molecule has 0 spiro atoms. The number of hydrogen-bond acceptors (Lipinski definition) is 4. The van der Waals surface area contributed by atoms with E-state index in [1.165, 1.54) is 12.7 Å². The normalized spacial score (nSPS) is 17.3. The van der Waals surface area contributed by atoms with Crippen LogP contribution in [-0.4, -0.2) is 51.5 Å². The van der Waals surface area contributed by atoms with Crippen molar-refractivity contribution in [2.75, 3.05) is 13.7 Å². The van der Waals surface area contributed by atoms with Gasteiger partial charge in [0.05, 0.1) is 25.0 Å². The Labute approximate surface area is 181 Å². The van der Waals surface area contributed by atoms with Crippen LogP contribution < -0.4 is 5.32 Å². The third-order valence-corrected chi connectivity index (χ3v) is 6.06. The predicted octanol–water partition coefficient (Wildman–Crippen LogP) is 3.91. The maximum Gasteiger partial charge on any atom is 0.407 e. The summed E-state index contributed by atoms with van der Waals surface area (Å²) in [6, 6.07) is 5.46. The van der Waals surface area contributed by atoms with Crippen LogP contribution in [0, 0.1) is 12.8 Å². The van der Waals surface area contributed by atoms with Crippen LogP contribution in [0.5, 0.6) is 0 Å². The van der Waals surface area contributed by atoms with Crippen LogP contribution in [0.25, 0.3) is 22.2 Å². The number of nitrogens with one attached hydrogen (secondary N) is 3. The zero-order valence-electron chi connectivity index (χ0n) is 18.4. The number of amides is 2. The molecule has 0 saturated carbocycles. The lowest BCUT2D eigenvalue weighted by molar-refractivity contribution is -0.135. The fourth-order valence-corrected chi connectivity index (χ4v) is 4.37. The Morgan fingerprint density at radius 2 is 2.10 bits per heavy atom. The lowest BCUT2D eigenvalue weighted by Crippen LogP contribution is -2.51. The Hall–Kier alpha value is -3.29. The van der Waals surface area contributed by atoms with E-state index in [-0.39, 0.29) is 17.9 Å². The van der Waals surface area contributed by atoms with Crippen molar-refractivity contribution in [1.82, 2.24) is 25.2 Å². The highest BCUT2D eigenvalue weighted by molar-refractivity contribution is 5.95. The maximum absolute atomic E-state index is 13.3. The van der Waals surface area contributed by atoms with Gasteiger partial charge in [0.15, 0.2) is 0 Å². The predicted molar refractivity (Wildman–Crippen MR) is 118 cm³/mol. The summed E-state index contributed by atoms with van der Waals surface area (Å²) in [5.41, 5.74) is 4.30. The van der Waals surface area contributed by atoms with Crippen LogP contribution in [0.2, 0.25) is 0 Å². The molecule has 2 aromatic heterocycles. The van der Waals surface area contributed by atoms with Gasteiger partial charge < -0.3 is 24.9 Å². The lowest BCUT2D eigenvalue weighted by Gasteiger charge is -2.30. The van der Waals surface area contributed by atoms with E-state index in [4.69, 9.17) is 4.74 Å². The zero-order chi connectivity index (χ0) is 22.1. The Balaban J connectivity index is 1.60. The molecule has 31 heavy (non-hydrogen) atoms. The zero-order valence-corrected chi connectivity index (χ0v) is 18.4. The summed E-state index contributed by atoms with van der Waals surface area (Å²) in [7, 11) is 1.30. The number of aromatic amines is 2. The molecule has 0 bridgehead atoms. The number of carbonyl (C=O) groups is 2. The number of aromatic nitrogens is 3. The van der Waals surface area contributed by atoms with Crippen molar-refractivity contribution in [3.8, 4) is 11.3 Å². The number of alkyl carbamates (subject to hydrolysis) is 1. The Bertz CT molecular complexity index is 1100. The first kappa shape index (κ1) is 21.0. The van der Waals surface area contributed by atoms with Crippen LogP contribution in [0.1, 0.15) is 44.1 Å². The van der Waals surface area contributed by atoms with Crippen LogP contribution in [0.15, 0.2) is 30.6 Å². The molecule has 3 aromatic rings. The number of ether oxygens (including phenoxy) is 1. The van der Waals surface area contributed by atoms with Gasteiger partial charge in [0.25, 0.3) is 0 Å². The number of aryl methyl sites for hydroxylation is 1. The van der Waals surface area contributed by atoms with Crippen molar-refractivity contribution in [2.24, 2.45) is 5.92 Å². The molecule has 1 aromatic carbocycles. The van der Waals surface area contributed by atoms with Crippen LogP contribution in [-0.2, 0) is 9.53 Å². The first-order valence-corrected chi connectivity index (χ1v) is 10.7. The third-order valence-electron chi connectivity index (χ3n) is 6.06. The van der Waals surface area contributed by atoms with E-state index in [1.807, 2.05) is 31.1 Å². The summed E-state index contributed by atoms with van der Waals surface area (Å²) in [5, 5.41) is 3.82. The topological polar surface area (TPSA) is 103 Å². The van der Waals surface area contributed by atoms with Crippen molar-refractivity contribution in [3.63, 3.8) is 0 Å². The van der Waals surface area contributed by atoms with Crippen molar-refractivity contribution >= 4 is 22.9 Å². The van der Waals surface area contributed by atoms with Crippen LogP contribution in [0.3, 0.4) is 0 Å². The highest BCUT2D eigenvalue weighted by Crippen LogP contribution is 2.34. The van der Waals surface area contributed by atoms with Crippen molar-refractivity contribution < 1.29 is 14.3 Å². The molecule has 3 heterocycles.